The second-order valence-electron chi connectivity index (χ2n) is 0.962. The average molecular weight is 352 g/mol. The van der Waals surface area contributed by atoms with Crippen LogP contribution in [0.15, 0.2) is 30.3 Å². The van der Waals surface area contributed by atoms with E-state index in [-0.39, 0.29) is 59.6 Å². The number of halogens is 3. The Labute approximate surface area is 89.5 Å². The van der Waals surface area contributed by atoms with Gasteiger partial charge in [-0.15, -0.1) is 0 Å². The first-order valence-electron chi connectivity index (χ1n) is 1.67. The molecule has 0 amide bonds. The summed E-state index contributed by atoms with van der Waals surface area (Å²) >= 11 is 0. The van der Waals surface area contributed by atoms with Crippen LogP contribution in [0.1, 0.15) is 0 Å². The Kier molecular flexibility index (Phi) is 40.0. The Balaban J connectivity index is -0.0000000312. The Morgan fingerprint density at radius 3 is 1.22 bits per heavy atom. The molecular weight excluding hydrogens is 347 g/mol. The molecule has 0 saturated heterocycles. The van der Waals surface area contributed by atoms with Gasteiger partial charge in [-0.1, -0.05) is 0 Å². The summed E-state index contributed by atoms with van der Waals surface area (Å²) in [6.45, 7) is 0. The molecule has 0 saturated carbocycles. The van der Waals surface area contributed by atoms with Gasteiger partial charge in [0.2, 0.25) is 0 Å². The van der Waals surface area contributed by atoms with Crippen molar-refractivity contribution in [3.63, 3.8) is 0 Å². The zero-order valence-electron chi connectivity index (χ0n) is 4.47. The summed E-state index contributed by atoms with van der Waals surface area (Å²) in [4.78, 5) is 0. The molecule has 0 spiro atoms. The summed E-state index contributed by atoms with van der Waals surface area (Å²) in [6.07, 6.45) is 0. The number of hydrogen-bond acceptors (Lipinski definition) is 0. The molecule has 0 fully saturated rings. The van der Waals surface area contributed by atoms with Crippen LogP contribution in [0, 0.1) is 0 Å². The van der Waals surface area contributed by atoms with Gasteiger partial charge in [-0.2, -0.15) is 18.2 Å². The fraction of sp³-hybridized carbons (Fsp3) is 0. The molecule has 0 unspecified atom stereocenters. The quantitative estimate of drug-likeness (QED) is 0.407. The minimum atomic E-state index is 0. The maximum absolute atomic E-state index is 2.00. The Morgan fingerprint density at radius 1 is 0.778 bits per heavy atom. The normalized spacial score (nSPS) is 4.44. The first-order chi connectivity index (χ1) is 2.50. The molecule has 1 aromatic carbocycles. The first kappa shape index (κ1) is 22.5. The molecule has 0 N–H and O–H groups in total. The van der Waals surface area contributed by atoms with E-state index >= 15 is 0 Å². The summed E-state index contributed by atoms with van der Waals surface area (Å²) in [6, 6.07) is 10.0. The van der Waals surface area contributed by atoms with Gasteiger partial charge >= 0.3 is 22.4 Å². The summed E-state index contributed by atoms with van der Waals surface area (Å²) < 4.78 is 0. The van der Waals surface area contributed by atoms with Crippen LogP contribution in [0.2, 0.25) is 0 Å². The van der Waals surface area contributed by atoms with Gasteiger partial charge in [-0.3, -0.25) is 0 Å². The van der Waals surface area contributed by atoms with Crippen LogP contribution in [0.25, 0.3) is 0 Å². The van der Waals surface area contributed by atoms with Crippen molar-refractivity contribution >= 4 is 0 Å². The molecule has 9 heavy (non-hydrogen) atoms. The zero-order chi connectivity index (χ0) is 3.54. The van der Waals surface area contributed by atoms with Crippen LogP contribution >= 0.6 is 0 Å². The summed E-state index contributed by atoms with van der Waals surface area (Å²) in [7, 11) is 0. The summed E-state index contributed by atoms with van der Waals surface area (Å²) in [5.41, 5.74) is 0. The van der Waals surface area contributed by atoms with Crippen molar-refractivity contribution in [2.45, 2.75) is 0 Å². The van der Waals surface area contributed by atoms with E-state index < -0.39 is 0 Å². The number of rotatable bonds is 0. The molecule has 1 aromatic rings. The van der Waals surface area contributed by atoms with E-state index in [0.29, 0.717) is 0 Å². The van der Waals surface area contributed by atoms with Gasteiger partial charge in [0.05, 0.1) is 0 Å². The zero-order valence-corrected chi connectivity index (χ0v) is 9.95. The van der Waals surface area contributed by atoms with Crippen LogP contribution in [0.3, 0.4) is 0 Å². The topological polar surface area (TPSA) is 0 Å². The van der Waals surface area contributed by atoms with Gasteiger partial charge in [0.15, 0.2) is 0 Å². The second-order valence-corrected chi connectivity index (χ2v) is 0.962. The molecule has 1 rings (SSSR count). The van der Waals surface area contributed by atoms with Gasteiger partial charge in [0.1, 0.15) is 0 Å². The maximum Gasteiger partial charge on any atom is 5.00 e. The van der Waals surface area contributed by atoms with E-state index in [4.69, 9.17) is 0 Å². The van der Waals surface area contributed by atoms with E-state index in [2.05, 4.69) is 0 Å². The molecule has 4 heteroatoms. The molecule has 0 nitrogen and oxygen atoms in total. The van der Waals surface area contributed by atoms with Crippen molar-refractivity contribution in [1.29, 1.82) is 0 Å². The van der Waals surface area contributed by atoms with E-state index in [0.717, 1.165) is 0 Å². The predicted octanol–water partition coefficient (Wildman–Crippen LogP) is -7.59. The maximum atomic E-state index is 2.00. The van der Waals surface area contributed by atoms with Crippen molar-refractivity contribution in [2.75, 3.05) is 0 Å². The molecule has 0 radical (unpaired) electrons. The van der Waals surface area contributed by atoms with E-state index in [9.17, 15) is 0 Å². The monoisotopic (exact) mass is 351 g/mol. The fourth-order valence-corrected chi connectivity index (χ4v) is 0.321. The van der Waals surface area contributed by atoms with Crippen LogP contribution in [0.4, 0.5) is 0 Å². The molecule has 50 valence electrons. The smallest absolute Gasteiger partial charge is 1.00 e. The van der Waals surface area contributed by atoms with Crippen LogP contribution in [-0.2, 0) is 22.4 Å². The molecule has 0 atom stereocenters. The van der Waals surface area contributed by atoms with Gasteiger partial charge in [-0.05, 0) is 0 Å². The largest absolute Gasteiger partial charge is 5.00 e. The number of hydrogen-bond donors (Lipinski definition) is 0. The molecule has 0 aliphatic heterocycles. The Bertz CT molecular complexity index is 68.7. The average Bonchev–Trinajstić information content (AvgIpc) is 1.76. The SMILES string of the molecule is [Cl-].[Cl-].[Cl-].[Ta+5].c1cc[cH-]c1. The minimum Gasteiger partial charge on any atom is -1.00 e. The first-order valence-corrected chi connectivity index (χ1v) is 1.67. The minimum absolute atomic E-state index is 0. The third-order valence-electron chi connectivity index (χ3n) is 0.556. The fourth-order valence-electron chi connectivity index (χ4n) is 0.321. The van der Waals surface area contributed by atoms with Gasteiger partial charge in [0, 0.05) is 0 Å². The predicted molar refractivity (Wildman–Crippen MR) is 22.0 cm³/mol. The molecule has 0 aliphatic carbocycles. The Morgan fingerprint density at radius 2 is 1.11 bits per heavy atom. The molecule has 0 heterocycles. The van der Waals surface area contributed by atoms with Gasteiger partial charge in [0.25, 0.3) is 0 Å². The van der Waals surface area contributed by atoms with Gasteiger partial charge < -0.3 is 37.2 Å². The summed E-state index contributed by atoms with van der Waals surface area (Å²) in [5.74, 6) is 0. The van der Waals surface area contributed by atoms with Crippen molar-refractivity contribution in [2.24, 2.45) is 0 Å². The van der Waals surface area contributed by atoms with Crippen molar-refractivity contribution in [3.8, 4) is 0 Å². The van der Waals surface area contributed by atoms with Crippen molar-refractivity contribution in [3.05, 3.63) is 30.3 Å². The van der Waals surface area contributed by atoms with Crippen molar-refractivity contribution in [1.82, 2.24) is 0 Å². The van der Waals surface area contributed by atoms with Crippen LogP contribution in [0.5, 0.6) is 0 Å². The summed E-state index contributed by atoms with van der Waals surface area (Å²) in [5, 5.41) is 0. The van der Waals surface area contributed by atoms with Gasteiger partial charge in [-0.25, -0.2) is 12.1 Å². The molecule has 0 aliphatic rings. The van der Waals surface area contributed by atoms with E-state index in [1.807, 2.05) is 30.3 Å². The second kappa shape index (κ2) is 16.0. The third-order valence-corrected chi connectivity index (χ3v) is 0.556. The standard InChI is InChI=1S/C5H5.3ClH.Ta/c1-2-4-5-3-1;;;;/h1-5H;3*1H;/q-1;;;;+5/p-3. The molecular formula is C5H5Cl3Ta+. The van der Waals surface area contributed by atoms with E-state index in [1.165, 1.54) is 0 Å². The molecule has 0 aromatic heterocycles. The van der Waals surface area contributed by atoms with Crippen molar-refractivity contribution < 1.29 is 59.6 Å². The third kappa shape index (κ3) is 12.2. The van der Waals surface area contributed by atoms with E-state index in [1.54, 1.807) is 0 Å². The van der Waals surface area contributed by atoms with Crippen LogP contribution < -0.4 is 37.2 Å². The van der Waals surface area contributed by atoms with Crippen LogP contribution in [-0.4, -0.2) is 0 Å². The molecule has 0 bridgehead atoms. The Hall–Kier alpha value is 0.960.